The van der Waals surface area contributed by atoms with Crippen LogP contribution in [0.15, 0.2) is 29.3 Å². The van der Waals surface area contributed by atoms with Gasteiger partial charge in [-0.2, -0.15) is 0 Å². The van der Waals surface area contributed by atoms with E-state index in [4.69, 9.17) is 5.21 Å². The van der Waals surface area contributed by atoms with Gasteiger partial charge in [-0.1, -0.05) is 12.1 Å². The molecule has 0 atom stereocenters. The molecule has 0 bridgehead atoms. The van der Waals surface area contributed by atoms with E-state index in [0.717, 1.165) is 6.34 Å². The summed E-state index contributed by atoms with van der Waals surface area (Å²) in [5.41, 5.74) is 1.87. The quantitative estimate of drug-likeness (QED) is 0.385. The molecule has 0 aliphatic rings. The summed E-state index contributed by atoms with van der Waals surface area (Å²) in [7, 11) is 0. The first-order chi connectivity index (χ1) is 5.34. The van der Waals surface area contributed by atoms with Crippen LogP contribution in [0.25, 0.3) is 0 Å². The fourth-order valence-corrected chi connectivity index (χ4v) is 0.655. The van der Waals surface area contributed by atoms with E-state index >= 15 is 0 Å². The van der Waals surface area contributed by atoms with Gasteiger partial charge in [-0.05, 0) is 12.1 Å². The second-order valence-electron chi connectivity index (χ2n) is 1.84. The molecule has 1 aromatic carbocycles. The lowest BCUT2D eigenvalue weighted by atomic mass is 10.3. The number of nitrogens with one attached hydrogen (secondary N) is 1. The van der Waals surface area contributed by atoms with Gasteiger partial charge in [-0.3, -0.25) is 10.7 Å². The Morgan fingerprint density at radius 2 is 2.18 bits per heavy atom. The Kier molecular flexibility index (Phi) is 2.57. The fourth-order valence-electron chi connectivity index (χ4n) is 0.655. The van der Waals surface area contributed by atoms with Crippen LogP contribution >= 0.6 is 0 Å². The summed E-state index contributed by atoms with van der Waals surface area (Å²) in [4.78, 5) is 3.56. The summed E-state index contributed by atoms with van der Waals surface area (Å²) < 4.78 is 12.7. The number of halogens is 1. The largest absolute Gasteiger partial charge is 0.290 e. The first-order valence-electron chi connectivity index (χ1n) is 3.01. The lowest BCUT2D eigenvalue weighted by molar-refractivity contribution is 0.240. The predicted octanol–water partition coefficient (Wildman–Crippen LogP) is 1.46. The Morgan fingerprint density at radius 3 is 2.82 bits per heavy atom. The minimum atomic E-state index is -0.418. The molecule has 0 spiro atoms. The second-order valence-corrected chi connectivity index (χ2v) is 1.84. The number of hydrogen-bond acceptors (Lipinski definition) is 2. The molecule has 0 saturated heterocycles. The van der Waals surface area contributed by atoms with Crippen molar-refractivity contribution in [1.29, 1.82) is 0 Å². The van der Waals surface area contributed by atoms with E-state index < -0.39 is 5.82 Å². The van der Waals surface area contributed by atoms with E-state index in [1.165, 1.54) is 12.1 Å². The van der Waals surface area contributed by atoms with Gasteiger partial charge in [-0.15, -0.1) is 0 Å². The molecule has 0 radical (unpaired) electrons. The van der Waals surface area contributed by atoms with Gasteiger partial charge >= 0.3 is 0 Å². The van der Waals surface area contributed by atoms with Crippen molar-refractivity contribution < 1.29 is 9.60 Å². The summed E-state index contributed by atoms with van der Waals surface area (Å²) >= 11 is 0. The maximum atomic E-state index is 12.7. The van der Waals surface area contributed by atoms with Crippen molar-refractivity contribution in [2.24, 2.45) is 4.99 Å². The summed E-state index contributed by atoms with van der Waals surface area (Å²) in [6.07, 6.45) is 0.998. The molecule has 11 heavy (non-hydrogen) atoms. The first kappa shape index (κ1) is 7.68. The molecule has 0 saturated carbocycles. The molecule has 58 valence electrons. The minimum absolute atomic E-state index is 0.189. The maximum Gasteiger partial charge on any atom is 0.148 e. The van der Waals surface area contributed by atoms with Gasteiger partial charge in [0.1, 0.15) is 17.8 Å². The molecule has 0 fully saturated rings. The van der Waals surface area contributed by atoms with E-state index in [1.54, 1.807) is 17.6 Å². The van der Waals surface area contributed by atoms with Crippen LogP contribution in [0.1, 0.15) is 0 Å². The highest BCUT2D eigenvalue weighted by Crippen LogP contribution is 2.14. The van der Waals surface area contributed by atoms with Crippen LogP contribution in [0, 0.1) is 5.82 Å². The summed E-state index contributed by atoms with van der Waals surface area (Å²) in [6.45, 7) is 0. The molecule has 1 aromatic rings. The van der Waals surface area contributed by atoms with Crippen molar-refractivity contribution >= 4 is 12.0 Å². The van der Waals surface area contributed by atoms with Crippen LogP contribution in [-0.2, 0) is 0 Å². The Balaban J connectivity index is 2.86. The highest BCUT2D eigenvalue weighted by atomic mass is 19.1. The summed E-state index contributed by atoms with van der Waals surface area (Å²) in [5.74, 6) is -0.418. The SMILES string of the molecule is ONC=Nc1ccccc1F. The topological polar surface area (TPSA) is 44.6 Å². The smallest absolute Gasteiger partial charge is 0.148 e. The highest BCUT2D eigenvalue weighted by molar-refractivity contribution is 5.59. The lowest BCUT2D eigenvalue weighted by Gasteiger charge is -1.93. The minimum Gasteiger partial charge on any atom is -0.290 e. The van der Waals surface area contributed by atoms with Crippen LogP contribution in [-0.4, -0.2) is 11.5 Å². The van der Waals surface area contributed by atoms with E-state index in [1.807, 2.05) is 0 Å². The molecule has 4 heteroatoms. The molecule has 0 heterocycles. The Bertz CT molecular complexity index is 262. The van der Waals surface area contributed by atoms with Crippen LogP contribution in [0.5, 0.6) is 0 Å². The Labute approximate surface area is 63.2 Å². The van der Waals surface area contributed by atoms with Crippen molar-refractivity contribution in [2.45, 2.75) is 0 Å². The van der Waals surface area contributed by atoms with Crippen LogP contribution in [0.3, 0.4) is 0 Å². The van der Waals surface area contributed by atoms with Gasteiger partial charge in [0.15, 0.2) is 0 Å². The van der Waals surface area contributed by atoms with Gasteiger partial charge in [0.25, 0.3) is 0 Å². The molecule has 0 aromatic heterocycles. The van der Waals surface area contributed by atoms with Crippen molar-refractivity contribution in [3.8, 4) is 0 Å². The zero-order valence-corrected chi connectivity index (χ0v) is 5.66. The van der Waals surface area contributed by atoms with Gasteiger partial charge in [-0.25, -0.2) is 9.38 Å². The molecule has 0 unspecified atom stereocenters. The van der Waals surface area contributed by atoms with Gasteiger partial charge in [0.2, 0.25) is 0 Å². The average molecular weight is 154 g/mol. The van der Waals surface area contributed by atoms with E-state index in [2.05, 4.69) is 4.99 Å². The van der Waals surface area contributed by atoms with E-state index in [9.17, 15) is 4.39 Å². The van der Waals surface area contributed by atoms with Crippen LogP contribution in [0.2, 0.25) is 0 Å². The molecule has 1 rings (SSSR count). The highest BCUT2D eigenvalue weighted by Gasteiger charge is 1.94. The molecule has 2 N–H and O–H groups in total. The number of hydroxylamine groups is 1. The molecule has 3 nitrogen and oxygen atoms in total. The van der Waals surface area contributed by atoms with Crippen molar-refractivity contribution in [2.75, 3.05) is 0 Å². The summed E-state index contributed by atoms with van der Waals surface area (Å²) in [6, 6.07) is 6.03. The molecular weight excluding hydrogens is 147 g/mol. The van der Waals surface area contributed by atoms with Crippen molar-refractivity contribution in [3.63, 3.8) is 0 Å². The Morgan fingerprint density at radius 1 is 1.45 bits per heavy atom. The third kappa shape index (κ3) is 2.01. The molecule has 0 amide bonds. The number of benzene rings is 1. The normalized spacial score (nSPS) is 10.4. The zero-order chi connectivity index (χ0) is 8.10. The number of para-hydroxylation sites is 1. The monoisotopic (exact) mass is 154 g/mol. The third-order valence-corrected chi connectivity index (χ3v) is 1.11. The fraction of sp³-hybridized carbons (Fsp3) is 0. The average Bonchev–Trinajstić information content (AvgIpc) is 2.03. The van der Waals surface area contributed by atoms with Gasteiger partial charge in [0.05, 0.1) is 0 Å². The van der Waals surface area contributed by atoms with Crippen molar-refractivity contribution in [3.05, 3.63) is 30.1 Å². The maximum absolute atomic E-state index is 12.7. The van der Waals surface area contributed by atoms with Crippen LogP contribution in [0.4, 0.5) is 10.1 Å². The van der Waals surface area contributed by atoms with E-state index in [0.29, 0.717) is 0 Å². The standard InChI is InChI=1S/C7H7FN2O/c8-6-3-1-2-4-7(6)9-5-10-11/h1-5,11H,(H,9,10). The number of hydrogen-bond donors (Lipinski definition) is 2. The second kappa shape index (κ2) is 3.68. The summed E-state index contributed by atoms with van der Waals surface area (Å²) in [5, 5.41) is 8.10. The number of nitrogens with zero attached hydrogens (tertiary/aromatic N) is 1. The van der Waals surface area contributed by atoms with Crippen molar-refractivity contribution in [1.82, 2.24) is 5.48 Å². The third-order valence-electron chi connectivity index (χ3n) is 1.11. The predicted molar refractivity (Wildman–Crippen MR) is 39.5 cm³/mol. The van der Waals surface area contributed by atoms with Gasteiger partial charge < -0.3 is 0 Å². The van der Waals surface area contributed by atoms with Crippen LogP contribution < -0.4 is 5.48 Å². The molecular formula is C7H7FN2O. The number of rotatable bonds is 2. The zero-order valence-electron chi connectivity index (χ0n) is 5.66. The molecule has 0 aliphatic carbocycles. The van der Waals surface area contributed by atoms with Gasteiger partial charge in [0, 0.05) is 0 Å². The van der Waals surface area contributed by atoms with E-state index in [-0.39, 0.29) is 5.69 Å². The molecule has 0 aliphatic heterocycles. The number of aliphatic imine (C=N–C) groups is 1. The first-order valence-corrected chi connectivity index (χ1v) is 3.01. The Hall–Kier alpha value is -1.42. The lowest BCUT2D eigenvalue weighted by Crippen LogP contribution is -2.01.